The van der Waals surface area contributed by atoms with Crippen LogP contribution >= 0.6 is 11.3 Å². The normalized spacial score (nSPS) is 19.7. The van der Waals surface area contributed by atoms with Gasteiger partial charge in [-0.3, -0.25) is 0 Å². The molecule has 78 valence electrons. The molecule has 0 fully saturated rings. The topological polar surface area (TPSA) is 59.1 Å². The van der Waals surface area contributed by atoms with Gasteiger partial charge in [-0.05, 0) is 36.0 Å². The first kappa shape index (κ1) is 8.97. The number of anilines is 1. The fourth-order valence-corrected chi connectivity index (χ4v) is 3.17. The molecule has 0 saturated carbocycles. The largest absolute Gasteiger partial charge is 0.505 e. The van der Waals surface area contributed by atoms with Crippen LogP contribution in [0.5, 0.6) is 5.75 Å². The van der Waals surface area contributed by atoms with Crippen molar-refractivity contribution in [2.75, 3.05) is 5.73 Å². The number of aromatic nitrogens is 1. The molecule has 0 bridgehead atoms. The predicted octanol–water partition coefficient (Wildman–Crippen LogP) is 2.32. The van der Waals surface area contributed by atoms with E-state index in [0.29, 0.717) is 22.3 Å². The van der Waals surface area contributed by atoms with Crippen LogP contribution in [0.1, 0.15) is 18.1 Å². The number of nitrogens with zero attached hydrogens (tertiary/aromatic N) is 1. The molecule has 1 aliphatic rings. The molecule has 3 nitrogen and oxygen atoms in total. The van der Waals surface area contributed by atoms with Gasteiger partial charge in [0.05, 0.1) is 4.70 Å². The van der Waals surface area contributed by atoms with Gasteiger partial charge < -0.3 is 10.8 Å². The summed E-state index contributed by atoms with van der Waals surface area (Å²) in [5.41, 5.74) is 8.64. The smallest absolute Gasteiger partial charge is 0.181 e. The lowest BCUT2D eigenvalue weighted by atomic mass is 10.1. The molecule has 2 aromatic rings. The minimum absolute atomic E-state index is 0.347. The summed E-state index contributed by atoms with van der Waals surface area (Å²) in [5, 5.41) is 10.6. The summed E-state index contributed by atoms with van der Waals surface area (Å²) in [4.78, 5) is 4.16. The zero-order valence-electron chi connectivity index (χ0n) is 8.45. The van der Waals surface area contributed by atoms with Gasteiger partial charge in [0, 0.05) is 0 Å². The second kappa shape index (κ2) is 2.85. The molecule has 1 heterocycles. The van der Waals surface area contributed by atoms with Gasteiger partial charge >= 0.3 is 0 Å². The molecule has 1 aromatic heterocycles. The van der Waals surface area contributed by atoms with Crippen molar-refractivity contribution in [3.05, 3.63) is 17.2 Å². The van der Waals surface area contributed by atoms with Gasteiger partial charge in [0.2, 0.25) is 0 Å². The van der Waals surface area contributed by atoms with Crippen LogP contribution < -0.4 is 5.73 Å². The maximum atomic E-state index is 10.1. The third-order valence-corrected chi connectivity index (χ3v) is 3.83. The van der Waals surface area contributed by atoms with Gasteiger partial charge in [-0.2, -0.15) is 0 Å². The quantitative estimate of drug-likeness (QED) is 0.716. The van der Waals surface area contributed by atoms with E-state index >= 15 is 0 Å². The minimum Gasteiger partial charge on any atom is -0.505 e. The van der Waals surface area contributed by atoms with E-state index < -0.39 is 0 Å². The number of aromatic hydroxyl groups is 1. The standard InChI is InChI=1S/C11H12N2OS/c1-5-2-6-4-8-9(13-11(12)15-8)10(14)7(6)3-5/h4-5,14H,2-3H2,1H3,(H2,12,13). The van der Waals surface area contributed by atoms with E-state index in [1.807, 2.05) is 0 Å². The number of hydrogen-bond donors (Lipinski definition) is 2. The van der Waals surface area contributed by atoms with Crippen molar-refractivity contribution in [3.63, 3.8) is 0 Å². The lowest BCUT2D eigenvalue weighted by Gasteiger charge is -2.02. The molecule has 0 radical (unpaired) electrons. The molecule has 0 aliphatic heterocycles. The number of benzene rings is 1. The first-order valence-electron chi connectivity index (χ1n) is 5.05. The van der Waals surface area contributed by atoms with Crippen molar-refractivity contribution in [1.29, 1.82) is 0 Å². The van der Waals surface area contributed by atoms with E-state index in [9.17, 15) is 5.11 Å². The van der Waals surface area contributed by atoms with E-state index in [1.54, 1.807) is 0 Å². The Balaban J connectivity index is 2.33. The summed E-state index contributed by atoms with van der Waals surface area (Å²) in [5.74, 6) is 0.972. The molecular formula is C11H12N2OS. The predicted molar refractivity (Wildman–Crippen MR) is 62.3 cm³/mol. The highest BCUT2D eigenvalue weighted by Gasteiger charge is 2.23. The molecular weight excluding hydrogens is 208 g/mol. The second-order valence-corrected chi connectivity index (χ2v) is 5.34. The molecule has 0 saturated heterocycles. The Kier molecular flexibility index (Phi) is 1.71. The molecule has 0 amide bonds. The molecule has 15 heavy (non-hydrogen) atoms. The van der Waals surface area contributed by atoms with E-state index in [-0.39, 0.29) is 0 Å². The van der Waals surface area contributed by atoms with Crippen LogP contribution in [-0.4, -0.2) is 10.1 Å². The Morgan fingerprint density at radius 1 is 1.53 bits per heavy atom. The Labute approximate surface area is 91.6 Å². The molecule has 0 spiro atoms. The average molecular weight is 220 g/mol. The van der Waals surface area contributed by atoms with Crippen LogP contribution in [0.3, 0.4) is 0 Å². The highest BCUT2D eigenvalue weighted by Crippen LogP contribution is 2.40. The van der Waals surface area contributed by atoms with Gasteiger partial charge in [-0.15, -0.1) is 0 Å². The first-order valence-corrected chi connectivity index (χ1v) is 5.86. The van der Waals surface area contributed by atoms with Crippen molar-refractivity contribution in [2.24, 2.45) is 5.92 Å². The highest BCUT2D eigenvalue weighted by atomic mass is 32.1. The summed E-state index contributed by atoms with van der Waals surface area (Å²) in [6.45, 7) is 2.20. The van der Waals surface area contributed by atoms with Gasteiger partial charge in [0.15, 0.2) is 5.13 Å². The number of thiazole rings is 1. The summed E-state index contributed by atoms with van der Waals surface area (Å²) in [6, 6.07) is 2.13. The van der Waals surface area contributed by atoms with Gasteiger partial charge in [-0.25, -0.2) is 4.98 Å². The lowest BCUT2D eigenvalue weighted by Crippen LogP contribution is -1.89. The van der Waals surface area contributed by atoms with E-state index in [4.69, 9.17) is 5.73 Å². The number of phenols is 1. The van der Waals surface area contributed by atoms with Crippen LogP contribution in [0.2, 0.25) is 0 Å². The molecule has 1 atom stereocenters. The fraction of sp³-hybridized carbons (Fsp3) is 0.364. The minimum atomic E-state index is 0.347. The average Bonchev–Trinajstić information content (AvgIpc) is 2.69. The number of rotatable bonds is 0. The third kappa shape index (κ3) is 1.21. The number of phenolic OH excluding ortho intramolecular Hbond substituents is 1. The maximum Gasteiger partial charge on any atom is 0.181 e. The zero-order valence-corrected chi connectivity index (χ0v) is 9.27. The van der Waals surface area contributed by atoms with Crippen LogP contribution in [0.4, 0.5) is 5.13 Å². The SMILES string of the molecule is CC1Cc2cc3sc(N)nc3c(O)c2C1. The van der Waals surface area contributed by atoms with Crippen molar-refractivity contribution in [3.8, 4) is 5.75 Å². The molecule has 4 heteroatoms. The van der Waals surface area contributed by atoms with Crippen LogP contribution in [0, 0.1) is 5.92 Å². The number of fused-ring (bicyclic) bond motifs is 2. The highest BCUT2D eigenvalue weighted by molar-refractivity contribution is 7.22. The van der Waals surface area contributed by atoms with Gasteiger partial charge in [-0.1, -0.05) is 18.3 Å². The summed E-state index contributed by atoms with van der Waals surface area (Å²) < 4.78 is 0.998. The van der Waals surface area contributed by atoms with E-state index in [2.05, 4.69) is 18.0 Å². The molecule has 1 aliphatic carbocycles. The molecule has 1 unspecified atom stereocenters. The summed E-state index contributed by atoms with van der Waals surface area (Å²) in [6.07, 6.45) is 2.01. The summed E-state index contributed by atoms with van der Waals surface area (Å²) in [7, 11) is 0. The zero-order chi connectivity index (χ0) is 10.6. The van der Waals surface area contributed by atoms with Crippen molar-refractivity contribution in [2.45, 2.75) is 19.8 Å². The fourth-order valence-electron chi connectivity index (χ4n) is 2.36. The Morgan fingerprint density at radius 3 is 3.13 bits per heavy atom. The Morgan fingerprint density at radius 2 is 2.33 bits per heavy atom. The number of nitrogen functional groups attached to an aromatic ring is 1. The Bertz CT molecular complexity index is 547. The van der Waals surface area contributed by atoms with Gasteiger partial charge in [0.1, 0.15) is 11.3 Å². The van der Waals surface area contributed by atoms with Crippen molar-refractivity contribution >= 4 is 26.7 Å². The second-order valence-electron chi connectivity index (χ2n) is 4.28. The first-order chi connectivity index (χ1) is 7.15. The van der Waals surface area contributed by atoms with Gasteiger partial charge in [0.25, 0.3) is 0 Å². The van der Waals surface area contributed by atoms with E-state index in [1.165, 1.54) is 16.9 Å². The Hall–Kier alpha value is -1.29. The molecule has 3 rings (SSSR count). The third-order valence-electron chi connectivity index (χ3n) is 2.99. The maximum absolute atomic E-state index is 10.1. The van der Waals surface area contributed by atoms with Crippen molar-refractivity contribution in [1.82, 2.24) is 4.98 Å². The number of hydrogen-bond acceptors (Lipinski definition) is 4. The summed E-state index contributed by atoms with van der Waals surface area (Å²) >= 11 is 1.44. The number of nitrogens with two attached hydrogens (primary N) is 1. The lowest BCUT2D eigenvalue weighted by molar-refractivity contribution is 0.472. The van der Waals surface area contributed by atoms with Crippen LogP contribution in [0.25, 0.3) is 10.2 Å². The molecule has 1 aromatic carbocycles. The monoisotopic (exact) mass is 220 g/mol. The van der Waals surface area contributed by atoms with Crippen molar-refractivity contribution < 1.29 is 5.11 Å². The molecule has 3 N–H and O–H groups in total. The van der Waals surface area contributed by atoms with Crippen LogP contribution in [-0.2, 0) is 12.8 Å². The van der Waals surface area contributed by atoms with E-state index in [0.717, 1.165) is 23.1 Å². The van der Waals surface area contributed by atoms with Crippen LogP contribution in [0.15, 0.2) is 6.07 Å².